The van der Waals surface area contributed by atoms with Gasteiger partial charge in [-0.2, -0.15) is 0 Å². The topological polar surface area (TPSA) is 50.4 Å². The highest BCUT2D eigenvalue weighted by molar-refractivity contribution is 5.93. The van der Waals surface area contributed by atoms with Gasteiger partial charge in [0.2, 0.25) is 5.91 Å². The Morgan fingerprint density at radius 3 is 2.88 bits per heavy atom. The van der Waals surface area contributed by atoms with E-state index in [1.165, 1.54) is 12.8 Å². The van der Waals surface area contributed by atoms with Crippen molar-refractivity contribution >= 4 is 11.6 Å². The van der Waals surface area contributed by atoms with Crippen molar-refractivity contribution in [3.05, 3.63) is 24.3 Å². The summed E-state index contributed by atoms with van der Waals surface area (Å²) >= 11 is 0. The van der Waals surface area contributed by atoms with E-state index in [1.54, 1.807) is 0 Å². The van der Waals surface area contributed by atoms with E-state index >= 15 is 0 Å². The number of carbonyl (C=O) groups excluding carboxylic acids is 1. The molecular weight excluding hydrogens is 216 g/mol. The van der Waals surface area contributed by atoms with E-state index in [9.17, 15) is 4.79 Å². The first-order chi connectivity index (χ1) is 8.29. The number of ether oxygens (including phenoxy) is 1. The maximum atomic E-state index is 11.7. The molecule has 0 spiro atoms. The van der Waals surface area contributed by atoms with Gasteiger partial charge in [-0.05, 0) is 31.9 Å². The summed E-state index contributed by atoms with van der Waals surface area (Å²) in [6.45, 7) is 2.88. The molecule has 0 atom stereocenters. The number of para-hydroxylation sites is 2. The van der Waals surface area contributed by atoms with Crippen LogP contribution < -0.4 is 15.4 Å². The van der Waals surface area contributed by atoms with Crippen molar-refractivity contribution < 1.29 is 9.53 Å². The third kappa shape index (κ3) is 3.75. The highest BCUT2D eigenvalue weighted by Crippen LogP contribution is 2.23. The predicted molar refractivity (Wildman–Crippen MR) is 67.3 cm³/mol. The summed E-state index contributed by atoms with van der Waals surface area (Å²) in [5.41, 5.74) is 0.733. The van der Waals surface area contributed by atoms with Gasteiger partial charge < -0.3 is 15.4 Å². The fourth-order valence-electron chi connectivity index (χ4n) is 1.57. The van der Waals surface area contributed by atoms with Gasteiger partial charge in [0.1, 0.15) is 5.75 Å². The van der Waals surface area contributed by atoms with Crippen molar-refractivity contribution in [2.45, 2.75) is 25.8 Å². The zero-order chi connectivity index (χ0) is 12.1. The first-order valence-corrected chi connectivity index (χ1v) is 6.04. The number of hydrogen-bond donors (Lipinski definition) is 2. The van der Waals surface area contributed by atoms with Gasteiger partial charge in [0, 0.05) is 6.04 Å². The molecule has 0 unspecified atom stereocenters. The molecule has 0 bridgehead atoms. The zero-order valence-corrected chi connectivity index (χ0v) is 10.0. The van der Waals surface area contributed by atoms with E-state index in [0.717, 1.165) is 11.4 Å². The van der Waals surface area contributed by atoms with Gasteiger partial charge in [0.15, 0.2) is 0 Å². The van der Waals surface area contributed by atoms with Crippen LogP contribution in [-0.4, -0.2) is 25.1 Å². The Bertz CT molecular complexity index is 389. The molecule has 1 saturated carbocycles. The molecule has 4 heteroatoms. The molecule has 1 aliphatic carbocycles. The van der Waals surface area contributed by atoms with Gasteiger partial charge in [-0.25, -0.2) is 0 Å². The minimum Gasteiger partial charge on any atom is -0.492 e. The van der Waals surface area contributed by atoms with Crippen LogP contribution in [0.15, 0.2) is 24.3 Å². The molecule has 4 nitrogen and oxygen atoms in total. The van der Waals surface area contributed by atoms with Crippen molar-refractivity contribution in [3.8, 4) is 5.75 Å². The highest BCUT2D eigenvalue weighted by Gasteiger charge is 2.21. The van der Waals surface area contributed by atoms with Gasteiger partial charge in [0.25, 0.3) is 0 Å². The minimum atomic E-state index is -0.0240. The van der Waals surface area contributed by atoms with E-state index in [0.29, 0.717) is 19.2 Å². The van der Waals surface area contributed by atoms with Crippen LogP contribution in [0.25, 0.3) is 0 Å². The Kier molecular flexibility index (Phi) is 3.98. The SMILES string of the molecule is CCOc1ccccc1NC(=O)CNC1CC1. The first-order valence-electron chi connectivity index (χ1n) is 6.04. The number of benzene rings is 1. The van der Waals surface area contributed by atoms with Crippen molar-refractivity contribution in [1.82, 2.24) is 5.32 Å². The molecular formula is C13H18N2O2. The first kappa shape index (κ1) is 11.9. The lowest BCUT2D eigenvalue weighted by Gasteiger charge is -2.11. The summed E-state index contributed by atoms with van der Waals surface area (Å²) in [7, 11) is 0. The maximum absolute atomic E-state index is 11.7. The molecule has 0 radical (unpaired) electrons. The van der Waals surface area contributed by atoms with Crippen LogP contribution in [0.1, 0.15) is 19.8 Å². The molecule has 0 aliphatic heterocycles. The van der Waals surface area contributed by atoms with Gasteiger partial charge in [-0.1, -0.05) is 12.1 Å². The van der Waals surface area contributed by atoms with E-state index in [-0.39, 0.29) is 5.91 Å². The molecule has 17 heavy (non-hydrogen) atoms. The van der Waals surface area contributed by atoms with Gasteiger partial charge >= 0.3 is 0 Å². The molecule has 2 rings (SSSR count). The Morgan fingerprint density at radius 2 is 2.18 bits per heavy atom. The molecule has 1 amide bonds. The molecule has 92 valence electrons. The van der Waals surface area contributed by atoms with Gasteiger partial charge in [-0.3, -0.25) is 4.79 Å². The third-order valence-corrected chi connectivity index (χ3v) is 2.59. The highest BCUT2D eigenvalue weighted by atomic mass is 16.5. The largest absolute Gasteiger partial charge is 0.492 e. The quantitative estimate of drug-likeness (QED) is 0.788. The maximum Gasteiger partial charge on any atom is 0.238 e. The van der Waals surface area contributed by atoms with Crippen molar-refractivity contribution in [2.24, 2.45) is 0 Å². The van der Waals surface area contributed by atoms with Crippen LogP contribution in [0, 0.1) is 0 Å². The Hall–Kier alpha value is -1.55. The summed E-state index contributed by atoms with van der Waals surface area (Å²) in [5, 5.41) is 6.03. The molecule has 1 aromatic carbocycles. The smallest absolute Gasteiger partial charge is 0.238 e. The molecule has 0 heterocycles. The average Bonchev–Trinajstić information content (AvgIpc) is 3.13. The number of carbonyl (C=O) groups is 1. The lowest BCUT2D eigenvalue weighted by Crippen LogP contribution is -2.29. The lowest BCUT2D eigenvalue weighted by molar-refractivity contribution is -0.115. The van der Waals surface area contributed by atoms with Crippen LogP contribution in [0.5, 0.6) is 5.75 Å². The Morgan fingerprint density at radius 1 is 1.41 bits per heavy atom. The molecule has 1 aliphatic rings. The molecule has 1 aromatic rings. The normalized spacial score (nSPS) is 14.4. The second-order valence-corrected chi connectivity index (χ2v) is 4.13. The monoisotopic (exact) mass is 234 g/mol. The van der Waals surface area contributed by atoms with E-state index < -0.39 is 0 Å². The Labute approximate surface area is 101 Å². The number of anilines is 1. The van der Waals surface area contributed by atoms with Crippen LogP contribution in [0.3, 0.4) is 0 Å². The van der Waals surface area contributed by atoms with Crippen LogP contribution >= 0.6 is 0 Å². The lowest BCUT2D eigenvalue weighted by atomic mass is 10.3. The fraction of sp³-hybridized carbons (Fsp3) is 0.462. The van der Waals surface area contributed by atoms with Crippen LogP contribution in [0.2, 0.25) is 0 Å². The predicted octanol–water partition coefficient (Wildman–Crippen LogP) is 1.78. The molecule has 0 saturated heterocycles. The van der Waals surface area contributed by atoms with Gasteiger partial charge in [-0.15, -0.1) is 0 Å². The molecule has 2 N–H and O–H groups in total. The second kappa shape index (κ2) is 5.68. The van der Waals surface area contributed by atoms with E-state index in [1.807, 2.05) is 31.2 Å². The van der Waals surface area contributed by atoms with Crippen molar-refractivity contribution in [3.63, 3.8) is 0 Å². The fourth-order valence-corrected chi connectivity index (χ4v) is 1.57. The van der Waals surface area contributed by atoms with Crippen LogP contribution in [-0.2, 0) is 4.79 Å². The van der Waals surface area contributed by atoms with Crippen molar-refractivity contribution in [1.29, 1.82) is 0 Å². The third-order valence-electron chi connectivity index (χ3n) is 2.59. The molecule has 1 fully saturated rings. The number of amides is 1. The van der Waals surface area contributed by atoms with Gasteiger partial charge in [0.05, 0.1) is 18.8 Å². The summed E-state index contributed by atoms with van der Waals surface area (Å²) in [4.78, 5) is 11.7. The average molecular weight is 234 g/mol. The summed E-state index contributed by atoms with van der Waals surface area (Å²) < 4.78 is 5.44. The van der Waals surface area contributed by atoms with E-state index in [2.05, 4.69) is 10.6 Å². The molecule has 0 aromatic heterocycles. The number of rotatable bonds is 6. The summed E-state index contributed by atoms with van der Waals surface area (Å²) in [6, 6.07) is 8.02. The minimum absolute atomic E-state index is 0.0240. The second-order valence-electron chi connectivity index (χ2n) is 4.13. The number of hydrogen-bond acceptors (Lipinski definition) is 3. The standard InChI is InChI=1S/C13H18N2O2/c1-2-17-12-6-4-3-5-11(12)15-13(16)9-14-10-7-8-10/h3-6,10,14H,2,7-9H2,1H3,(H,15,16). The number of nitrogens with one attached hydrogen (secondary N) is 2. The Balaban J connectivity index is 1.89. The van der Waals surface area contributed by atoms with Crippen LogP contribution in [0.4, 0.5) is 5.69 Å². The summed E-state index contributed by atoms with van der Waals surface area (Å²) in [6.07, 6.45) is 2.37. The van der Waals surface area contributed by atoms with E-state index in [4.69, 9.17) is 4.74 Å². The summed E-state index contributed by atoms with van der Waals surface area (Å²) in [5.74, 6) is 0.693. The van der Waals surface area contributed by atoms with Crippen molar-refractivity contribution in [2.75, 3.05) is 18.5 Å². The zero-order valence-electron chi connectivity index (χ0n) is 10.0.